The summed E-state index contributed by atoms with van der Waals surface area (Å²) in [7, 11) is 4.79. The van der Waals surface area contributed by atoms with Gasteiger partial charge in [0.1, 0.15) is 17.2 Å². The summed E-state index contributed by atoms with van der Waals surface area (Å²) in [6.07, 6.45) is 3.88. The number of benzene rings is 2. The lowest BCUT2D eigenvalue weighted by Crippen LogP contribution is -2.42. The number of nitrogens with one attached hydrogen (secondary N) is 1. The molecule has 0 aromatic heterocycles. The van der Waals surface area contributed by atoms with E-state index in [4.69, 9.17) is 14.2 Å². The third kappa shape index (κ3) is 3.72. The fraction of sp³-hybridized carbons (Fsp3) is 0.409. The summed E-state index contributed by atoms with van der Waals surface area (Å²) in [6.45, 7) is 0.337. The quantitative estimate of drug-likeness (QED) is 0.806. The molecule has 2 aromatic rings. The number of methoxy groups -OCH3 is 3. The summed E-state index contributed by atoms with van der Waals surface area (Å²) in [4.78, 5) is 13.2. The summed E-state index contributed by atoms with van der Waals surface area (Å²) in [5.41, 5.74) is 1.44. The van der Waals surface area contributed by atoms with E-state index in [0.717, 1.165) is 36.8 Å². The van der Waals surface area contributed by atoms with Crippen LogP contribution in [0.5, 0.6) is 17.2 Å². The van der Waals surface area contributed by atoms with E-state index in [1.165, 1.54) is 0 Å². The first kappa shape index (κ1) is 19.1. The van der Waals surface area contributed by atoms with Crippen molar-refractivity contribution in [1.82, 2.24) is 5.32 Å². The highest BCUT2D eigenvalue weighted by Crippen LogP contribution is 2.41. The molecule has 0 radical (unpaired) electrons. The lowest BCUT2D eigenvalue weighted by molar-refractivity contribution is -0.126. The molecule has 0 unspecified atom stereocenters. The summed E-state index contributed by atoms with van der Waals surface area (Å²) >= 11 is 0. The second-order valence-electron chi connectivity index (χ2n) is 6.85. The SMILES string of the molecule is COc1cc(OC)c(CNC(=O)C2(c3ccccc3)CCCC2)c(OC)c1. The lowest BCUT2D eigenvalue weighted by atomic mass is 9.78. The molecule has 0 heterocycles. The maximum atomic E-state index is 13.2. The molecule has 5 heteroatoms. The number of hydrogen-bond donors (Lipinski definition) is 1. The van der Waals surface area contributed by atoms with Gasteiger partial charge >= 0.3 is 0 Å². The Labute approximate surface area is 160 Å². The van der Waals surface area contributed by atoms with Crippen LogP contribution < -0.4 is 19.5 Å². The van der Waals surface area contributed by atoms with Gasteiger partial charge in [0.2, 0.25) is 5.91 Å². The average molecular weight is 369 g/mol. The Morgan fingerprint density at radius 2 is 1.56 bits per heavy atom. The van der Waals surface area contributed by atoms with Gasteiger partial charge in [0.25, 0.3) is 0 Å². The Hall–Kier alpha value is -2.69. The van der Waals surface area contributed by atoms with Crippen molar-refractivity contribution in [3.63, 3.8) is 0 Å². The third-order valence-electron chi connectivity index (χ3n) is 5.46. The average Bonchev–Trinajstić information content (AvgIpc) is 3.23. The summed E-state index contributed by atoms with van der Waals surface area (Å²) < 4.78 is 16.3. The molecule has 1 fully saturated rings. The largest absolute Gasteiger partial charge is 0.496 e. The standard InChI is InChI=1S/C22H27NO4/c1-25-17-13-19(26-2)18(20(14-17)27-3)15-23-21(24)22(11-7-8-12-22)16-9-5-4-6-10-16/h4-6,9-10,13-14H,7-8,11-12,15H2,1-3H3,(H,23,24). The second-order valence-corrected chi connectivity index (χ2v) is 6.85. The minimum Gasteiger partial charge on any atom is -0.496 e. The Morgan fingerprint density at radius 1 is 0.963 bits per heavy atom. The van der Waals surface area contributed by atoms with Crippen molar-refractivity contribution < 1.29 is 19.0 Å². The smallest absolute Gasteiger partial charge is 0.230 e. The number of hydrogen-bond acceptors (Lipinski definition) is 4. The maximum absolute atomic E-state index is 13.2. The predicted octanol–water partition coefficient (Wildman–Crippen LogP) is 3.84. The van der Waals surface area contributed by atoms with Gasteiger partial charge in [0, 0.05) is 12.1 Å². The first-order valence-electron chi connectivity index (χ1n) is 9.27. The van der Waals surface area contributed by atoms with Crippen LogP contribution in [-0.2, 0) is 16.8 Å². The fourth-order valence-electron chi connectivity index (χ4n) is 3.97. The van der Waals surface area contributed by atoms with Crippen LogP contribution in [0.15, 0.2) is 42.5 Å². The van der Waals surface area contributed by atoms with Gasteiger partial charge in [-0.2, -0.15) is 0 Å². The summed E-state index contributed by atoms with van der Waals surface area (Å²) in [5, 5.41) is 3.13. The molecule has 3 rings (SSSR count). The van der Waals surface area contributed by atoms with Crippen LogP contribution in [-0.4, -0.2) is 27.2 Å². The van der Waals surface area contributed by atoms with E-state index in [1.807, 2.05) is 18.2 Å². The normalized spacial score (nSPS) is 15.2. The first-order valence-corrected chi connectivity index (χ1v) is 9.27. The molecule has 0 saturated heterocycles. The van der Waals surface area contributed by atoms with E-state index in [2.05, 4.69) is 17.4 Å². The highest BCUT2D eigenvalue weighted by atomic mass is 16.5. The van der Waals surface area contributed by atoms with Crippen LogP contribution in [0, 0.1) is 0 Å². The lowest BCUT2D eigenvalue weighted by Gasteiger charge is -2.28. The van der Waals surface area contributed by atoms with Crippen molar-refractivity contribution in [1.29, 1.82) is 0 Å². The van der Waals surface area contributed by atoms with Crippen LogP contribution in [0.1, 0.15) is 36.8 Å². The molecule has 0 aliphatic heterocycles. The monoisotopic (exact) mass is 369 g/mol. The second kappa shape index (κ2) is 8.33. The highest BCUT2D eigenvalue weighted by molar-refractivity contribution is 5.88. The number of amides is 1. The number of carbonyl (C=O) groups excluding carboxylic acids is 1. The molecule has 1 aliphatic rings. The topological polar surface area (TPSA) is 56.8 Å². The molecule has 1 aliphatic carbocycles. The van der Waals surface area contributed by atoms with E-state index >= 15 is 0 Å². The van der Waals surface area contributed by atoms with Crippen molar-refractivity contribution in [2.45, 2.75) is 37.6 Å². The molecule has 1 saturated carbocycles. The molecule has 0 bridgehead atoms. The van der Waals surface area contributed by atoms with Gasteiger partial charge in [-0.15, -0.1) is 0 Å². The Bertz CT molecular complexity index is 757. The van der Waals surface area contributed by atoms with Crippen LogP contribution in [0.4, 0.5) is 0 Å². The molecule has 1 amide bonds. The first-order chi connectivity index (χ1) is 13.1. The zero-order valence-corrected chi connectivity index (χ0v) is 16.2. The molecule has 27 heavy (non-hydrogen) atoms. The van der Waals surface area contributed by atoms with Crippen LogP contribution >= 0.6 is 0 Å². The van der Waals surface area contributed by atoms with Gasteiger partial charge in [-0.05, 0) is 18.4 Å². The number of carbonyl (C=O) groups is 1. The predicted molar refractivity (Wildman–Crippen MR) is 105 cm³/mol. The molecule has 1 N–H and O–H groups in total. The van der Waals surface area contributed by atoms with Crippen molar-refractivity contribution in [3.05, 3.63) is 53.6 Å². The summed E-state index contributed by atoms with van der Waals surface area (Å²) in [6, 6.07) is 13.7. The molecule has 144 valence electrons. The van der Waals surface area contributed by atoms with Crippen LogP contribution in [0.25, 0.3) is 0 Å². The van der Waals surface area contributed by atoms with Gasteiger partial charge in [-0.1, -0.05) is 43.2 Å². The molecular weight excluding hydrogens is 342 g/mol. The van der Waals surface area contributed by atoms with E-state index in [1.54, 1.807) is 33.5 Å². The Kier molecular flexibility index (Phi) is 5.89. The Morgan fingerprint density at radius 3 is 2.07 bits per heavy atom. The molecule has 5 nitrogen and oxygen atoms in total. The minimum atomic E-state index is -0.450. The van der Waals surface area contributed by atoms with Crippen molar-refractivity contribution in [3.8, 4) is 17.2 Å². The third-order valence-corrected chi connectivity index (χ3v) is 5.46. The van der Waals surface area contributed by atoms with Gasteiger partial charge in [0.05, 0.1) is 38.9 Å². The van der Waals surface area contributed by atoms with E-state index in [9.17, 15) is 4.79 Å². The fourth-order valence-corrected chi connectivity index (χ4v) is 3.97. The van der Waals surface area contributed by atoms with Gasteiger partial charge in [-0.25, -0.2) is 0 Å². The van der Waals surface area contributed by atoms with Gasteiger partial charge in [-0.3, -0.25) is 4.79 Å². The van der Waals surface area contributed by atoms with E-state index < -0.39 is 5.41 Å². The van der Waals surface area contributed by atoms with Crippen LogP contribution in [0.3, 0.4) is 0 Å². The zero-order valence-electron chi connectivity index (χ0n) is 16.2. The minimum absolute atomic E-state index is 0.0612. The Balaban J connectivity index is 1.85. The van der Waals surface area contributed by atoms with Crippen LogP contribution in [0.2, 0.25) is 0 Å². The number of ether oxygens (including phenoxy) is 3. The van der Waals surface area contributed by atoms with Gasteiger partial charge in [0.15, 0.2) is 0 Å². The zero-order chi connectivity index (χ0) is 19.3. The molecule has 0 spiro atoms. The molecule has 0 atom stereocenters. The molecule has 2 aromatic carbocycles. The maximum Gasteiger partial charge on any atom is 0.230 e. The molecular formula is C22H27NO4. The van der Waals surface area contributed by atoms with E-state index in [-0.39, 0.29) is 5.91 Å². The van der Waals surface area contributed by atoms with Crippen molar-refractivity contribution in [2.75, 3.05) is 21.3 Å². The van der Waals surface area contributed by atoms with Crippen molar-refractivity contribution in [2.24, 2.45) is 0 Å². The van der Waals surface area contributed by atoms with Gasteiger partial charge < -0.3 is 19.5 Å². The number of rotatable bonds is 7. The summed E-state index contributed by atoms with van der Waals surface area (Å²) in [5.74, 6) is 1.97. The highest BCUT2D eigenvalue weighted by Gasteiger charge is 2.42. The van der Waals surface area contributed by atoms with E-state index in [0.29, 0.717) is 23.8 Å². The van der Waals surface area contributed by atoms with Crippen molar-refractivity contribution >= 4 is 5.91 Å².